The minimum atomic E-state index is -0.435. The number of benzene rings is 1. The van der Waals surface area contributed by atoms with Crippen molar-refractivity contribution in [3.8, 4) is 0 Å². The molecular weight excluding hydrogens is 338 g/mol. The average molecular weight is 363 g/mol. The number of carbonyl (C=O) groups excluding carboxylic acids is 3. The average Bonchev–Trinajstić information content (AvgIpc) is 2.93. The van der Waals surface area contributed by atoms with Gasteiger partial charge in [0, 0.05) is 29.1 Å². The van der Waals surface area contributed by atoms with Crippen LogP contribution in [0, 0.1) is 5.92 Å². The molecule has 1 aromatic rings. The van der Waals surface area contributed by atoms with E-state index in [0.29, 0.717) is 6.54 Å². The Balaban J connectivity index is 1.90. The summed E-state index contributed by atoms with van der Waals surface area (Å²) in [5.74, 6) is -1.01. The molecule has 1 fully saturated rings. The number of hydrogen-bond acceptors (Lipinski definition) is 4. The van der Waals surface area contributed by atoms with Gasteiger partial charge in [-0.2, -0.15) is 0 Å². The third-order valence-corrected chi connectivity index (χ3v) is 4.56. The Hall–Kier alpha value is -2.02. The Labute approximate surface area is 152 Å². The normalized spacial score (nSPS) is 17.5. The van der Waals surface area contributed by atoms with E-state index < -0.39 is 5.92 Å². The van der Waals surface area contributed by atoms with Gasteiger partial charge in [0.05, 0.1) is 12.5 Å². The highest BCUT2D eigenvalue weighted by molar-refractivity contribution is 7.98. The molecule has 1 heterocycles. The molecule has 1 aromatic carbocycles. The molecule has 7 heteroatoms. The first kappa shape index (κ1) is 19.3. The molecule has 0 radical (unpaired) electrons. The van der Waals surface area contributed by atoms with Crippen molar-refractivity contribution in [3.63, 3.8) is 0 Å². The minimum Gasteiger partial charge on any atom is -0.350 e. The Bertz CT molecular complexity index is 653. The lowest BCUT2D eigenvalue weighted by Gasteiger charge is -2.21. The molecule has 2 rings (SSSR count). The van der Waals surface area contributed by atoms with Crippen LogP contribution in [0.3, 0.4) is 0 Å². The molecule has 1 aliphatic heterocycles. The van der Waals surface area contributed by atoms with Crippen LogP contribution in [0.15, 0.2) is 29.2 Å². The van der Waals surface area contributed by atoms with E-state index in [1.165, 1.54) is 0 Å². The zero-order chi connectivity index (χ0) is 18.6. The van der Waals surface area contributed by atoms with Gasteiger partial charge in [-0.3, -0.25) is 14.4 Å². The number of thioether (sulfide) groups is 1. The van der Waals surface area contributed by atoms with Crippen LogP contribution >= 0.6 is 11.8 Å². The number of nitrogens with one attached hydrogen (secondary N) is 2. The molecule has 1 saturated heterocycles. The van der Waals surface area contributed by atoms with E-state index in [1.54, 1.807) is 16.7 Å². The lowest BCUT2D eigenvalue weighted by atomic mass is 10.1. The first-order chi connectivity index (χ1) is 11.7. The molecule has 25 heavy (non-hydrogen) atoms. The first-order valence-corrected chi connectivity index (χ1v) is 9.45. The molecule has 1 aliphatic rings. The maximum Gasteiger partial charge on any atom is 0.239 e. The number of anilines is 1. The predicted molar refractivity (Wildman–Crippen MR) is 99.6 cm³/mol. The van der Waals surface area contributed by atoms with Crippen LogP contribution in [0.4, 0.5) is 5.69 Å². The summed E-state index contributed by atoms with van der Waals surface area (Å²) in [6, 6.07) is 7.69. The van der Waals surface area contributed by atoms with Crippen molar-refractivity contribution in [1.29, 1.82) is 0 Å². The standard InChI is InChI=1S/C18H25N3O3S/c1-18(2,3)20-15(22)10-19-17(24)12-9-16(23)21(11-12)13-5-7-14(25-4)8-6-13/h5-8,12H,9-11H2,1-4H3,(H,19,24)(H,20,22). The predicted octanol–water partition coefficient (Wildman–Crippen LogP) is 1.79. The van der Waals surface area contributed by atoms with Crippen LogP contribution in [0.1, 0.15) is 27.2 Å². The van der Waals surface area contributed by atoms with Gasteiger partial charge >= 0.3 is 0 Å². The molecule has 0 saturated carbocycles. The fraction of sp³-hybridized carbons (Fsp3) is 0.500. The summed E-state index contributed by atoms with van der Waals surface area (Å²) in [6.07, 6.45) is 2.16. The number of nitrogens with zero attached hydrogens (tertiary/aromatic N) is 1. The maximum atomic E-state index is 12.3. The van der Waals surface area contributed by atoms with Gasteiger partial charge in [-0.15, -0.1) is 11.8 Å². The van der Waals surface area contributed by atoms with Gasteiger partial charge < -0.3 is 15.5 Å². The number of carbonyl (C=O) groups is 3. The van der Waals surface area contributed by atoms with Crippen LogP contribution in [-0.4, -0.2) is 42.6 Å². The highest BCUT2D eigenvalue weighted by atomic mass is 32.2. The van der Waals surface area contributed by atoms with Crippen LogP contribution in [0.5, 0.6) is 0 Å². The van der Waals surface area contributed by atoms with Crippen LogP contribution in [0.25, 0.3) is 0 Å². The molecule has 0 spiro atoms. The van der Waals surface area contributed by atoms with E-state index in [4.69, 9.17) is 0 Å². The second kappa shape index (κ2) is 7.91. The molecule has 136 valence electrons. The molecule has 6 nitrogen and oxygen atoms in total. The number of hydrogen-bond donors (Lipinski definition) is 2. The molecule has 1 unspecified atom stereocenters. The van der Waals surface area contributed by atoms with Gasteiger partial charge in [0.2, 0.25) is 17.7 Å². The van der Waals surface area contributed by atoms with Crippen molar-refractivity contribution in [2.24, 2.45) is 5.92 Å². The van der Waals surface area contributed by atoms with Gasteiger partial charge in [-0.1, -0.05) is 0 Å². The molecule has 3 amide bonds. The van der Waals surface area contributed by atoms with Gasteiger partial charge in [0.1, 0.15) is 0 Å². The van der Waals surface area contributed by atoms with Crippen LogP contribution in [0.2, 0.25) is 0 Å². The fourth-order valence-electron chi connectivity index (χ4n) is 2.67. The van der Waals surface area contributed by atoms with Crippen molar-refractivity contribution in [1.82, 2.24) is 10.6 Å². The van der Waals surface area contributed by atoms with E-state index >= 15 is 0 Å². The third kappa shape index (κ3) is 5.49. The Morgan fingerprint density at radius 3 is 2.44 bits per heavy atom. The van der Waals surface area contributed by atoms with Crippen molar-refractivity contribution < 1.29 is 14.4 Å². The van der Waals surface area contributed by atoms with Crippen molar-refractivity contribution in [2.45, 2.75) is 37.6 Å². The monoisotopic (exact) mass is 363 g/mol. The molecule has 0 bridgehead atoms. The van der Waals surface area contributed by atoms with E-state index in [1.807, 2.05) is 51.3 Å². The quantitative estimate of drug-likeness (QED) is 0.782. The van der Waals surface area contributed by atoms with E-state index in [0.717, 1.165) is 10.6 Å². The summed E-state index contributed by atoms with van der Waals surface area (Å²) in [5, 5.41) is 5.41. The third-order valence-electron chi connectivity index (χ3n) is 3.82. The summed E-state index contributed by atoms with van der Waals surface area (Å²) < 4.78 is 0. The van der Waals surface area contributed by atoms with E-state index in [9.17, 15) is 14.4 Å². The summed E-state index contributed by atoms with van der Waals surface area (Å²) in [6.45, 7) is 5.89. The van der Waals surface area contributed by atoms with Gasteiger partial charge in [0.25, 0.3) is 0 Å². The zero-order valence-corrected chi connectivity index (χ0v) is 15.9. The van der Waals surface area contributed by atoms with E-state index in [2.05, 4.69) is 10.6 Å². The minimum absolute atomic E-state index is 0.0730. The zero-order valence-electron chi connectivity index (χ0n) is 15.1. The lowest BCUT2D eigenvalue weighted by molar-refractivity contribution is -0.129. The second-order valence-corrected chi connectivity index (χ2v) is 8.00. The van der Waals surface area contributed by atoms with Gasteiger partial charge in [0.15, 0.2) is 0 Å². The smallest absolute Gasteiger partial charge is 0.239 e. The summed E-state index contributed by atoms with van der Waals surface area (Å²) in [4.78, 5) is 39.0. The molecule has 1 atom stereocenters. The molecular formula is C18H25N3O3S. The topological polar surface area (TPSA) is 78.5 Å². The highest BCUT2D eigenvalue weighted by Crippen LogP contribution is 2.27. The summed E-state index contributed by atoms with van der Waals surface area (Å²) >= 11 is 1.63. The number of amides is 3. The van der Waals surface area contributed by atoms with Crippen molar-refractivity contribution in [2.75, 3.05) is 24.2 Å². The maximum absolute atomic E-state index is 12.3. The SMILES string of the molecule is CSc1ccc(N2CC(C(=O)NCC(=O)NC(C)(C)C)CC2=O)cc1. The molecule has 0 aliphatic carbocycles. The van der Waals surface area contributed by atoms with Crippen LogP contribution in [-0.2, 0) is 14.4 Å². The van der Waals surface area contributed by atoms with Gasteiger partial charge in [-0.05, 0) is 51.3 Å². The lowest BCUT2D eigenvalue weighted by Crippen LogP contribution is -2.46. The largest absolute Gasteiger partial charge is 0.350 e. The second-order valence-electron chi connectivity index (χ2n) is 7.12. The fourth-order valence-corrected chi connectivity index (χ4v) is 3.08. The van der Waals surface area contributed by atoms with Crippen molar-refractivity contribution >= 4 is 35.2 Å². The molecule has 2 N–H and O–H groups in total. The number of rotatable bonds is 5. The first-order valence-electron chi connectivity index (χ1n) is 8.23. The Morgan fingerprint density at radius 1 is 1.24 bits per heavy atom. The Morgan fingerprint density at radius 2 is 1.88 bits per heavy atom. The van der Waals surface area contributed by atoms with E-state index in [-0.39, 0.29) is 36.2 Å². The molecule has 0 aromatic heterocycles. The Kier molecular flexibility index (Phi) is 6.11. The highest BCUT2D eigenvalue weighted by Gasteiger charge is 2.35. The van der Waals surface area contributed by atoms with Crippen molar-refractivity contribution in [3.05, 3.63) is 24.3 Å². The summed E-state index contributed by atoms with van der Waals surface area (Å²) in [7, 11) is 0. The van der Waals surface area contributed by atoms with Crippen LogP contribution < -0.4 is 15.5 Å². The summed E-state index contributed by atoms with van der Waals surface area (Å²) in [5.41, 5.74) is 0.453. The van der Waals surface area contributed by atoms with Gasteiger partial charge in [-0.25, -0.2) is 0 Å².